The Morgan fingerprint density at radius 1 is 0.969 bits per heavy atom. The van der Waals surface area contributed by atoms with Crippen LogP contribution in [-0.2, 0) is 10.5 Å². The standard InChI is InChI=1S/C22H21N7OS2/c1-15-12-16(2)25-21(24-15)31-13-19-27-28-22(29(19)17-8-4-3-5-9-17)32-14-20(30)26-18-10-6-7-11-23-18/h3-12H,13-14H2,1-2H3,(H,23,26,30). The number of carbonyl (C=O) groups excluding carboxylic acids is 1. The van der Waals surface area contributed by atoms with Crippen molar-refractivity contribution in [1.29, 1.82) is 0 Å². The van der Waals surface area contributed by atoms with Gasteiger partial charge < -0.3 is 5.32 Å². The minimum atomic E-state index is -0.157. The second-order valence-corrected chi connectivity index (χ2v) is 8.73. The molecule has 4 aromatic rings. The number of carbonyl (C=O) groups is 1. The highest BCUT2D eigenvalue weighted by molar-refractivity contribution is 7.99. The summed E-state index contributed by atoms with van der Waals surface area (Å²) in [6.07, 6.45) is 1.64. The molecule has 10 heteroatoms. The molecule has 0 aliphatic rings. The highest BCUT2D eigenvalue weighted by Crippen LogP contribution is 2.26. The Morgan fingerprint density at radius 3 is 2.44 bits per heavy atom. The lowest BCUT2D eigenvalue weighted by atomic mass is 10.3. The zero-order valence-electron chi connectivity index (χ0n) is 17.6. The highest BCUT2D eigenvalue weighted by Gasteiger charge is 2.17. The number of anilines is 1. The Hall–Kier alpha value is -3.24. The van der Waals surface area contributed by atoms with Crippen molar-refractivity contribution in [2.75, 3.05) is 11.1 Å². The van der Waals surface area contributed by atoms with Gasteiger partial charge in [0.05, 0.1) is 11.5 Å². The molecule has 0 spiro atoms. The third-order valence-electron chi connectivity index (χ3n) is 4.27. The highest BCUT2D eigenvalue weighted by atomic mass is 32.2. The van der Waals surface area contributed by atoms with E-state index in [0.717, 1.165) is 22.9 Å². The molecule has 1 aromatic carbocycles. The molecule has 0 bridgehead atoms. The number of nitrogens with one attached hydrogen (secondary N) is 1. The monoisotopic (exact) mass is 463 g/mol. The van der Waals surface area contributed by atoms with Gasteiger partial charge in [-0.05, 0) is 44.2 Å². The molecule has 0 atom stereocenters. The van der Waals surface area contributed by atoms with Crippen LogP contribution in [0.4, 0.5) is 5.82 Å². The first-order valence-corrected chi connectivity index (χ1v) is 11.8. The van der Waals surface area contributed by atoms with E-state index in [4.69, 9.17) is 0 Å². The van der Waals surface area contributed by atoms with E-state index in [9.17, 15) is 4.79 Å². The molecule has 0 fully saturated rings. The van der Waals surface area contributed by atoms with Crippen LogP contribution in [0, 0.1) is 13.8 Å². The van der Waals surface area contributed by atoms with Gasteiger partial charge in [-0.2, -0.15) is 0 Å². The molecule has 0 saturated heterocycles. The maximum Gasteiger partial charge on any atom is 0.236 e. The molecule has 1 amide bonds. The molecule has 4 rings (SSSR count). The first-order valence-electron chi connectivity index (χ1n) is 9.87. The predicted molar refractivity (Wildman–Crippen MR) is 126 cm³/mol. The molecule has 162 valence electrons. The van der Waals surface area contributed by atoms with Crippen LogP contribution in [0.1, 0.15) is 17.2 Å². The molecule has 32 heavy (non-hydrogen) atoms. The Labute approximate surface area is 194 Å². The van der Waals surface area contributed by atoms with Crippen LogP contribution in [0.25, 0.3) is 5.69 Å². The van der Waals surface area contributed by atoms with Crippen LogP contribution in [0.2, 0.25) is 0 Å². The van der Waals surface area contributed by atoms with Crippen LogP contribution < -0.4 is 5.32 Å². The Balaban J connectivity index is 1.51. The SMILES string of the molecule is Cc1cc(C)nc(SCc2nnc(SCC(=O)Nc3ccccn3)n2-c2ccccc2)n1. The van der Waals surface area contributed by atoms with Crippen LogP contribution in [0.15, 0.2) is 71.1 Å². The van der Waals surface area contributed by atoms with Gasteiger partial charge in [-0.3, -0.25) is 9.36 Å². The molecule has 3 heterocycles. The minimum absolute atomic E-state index is 0.157. The van der Waals surface area contributed by atoms with Crippen LogP contribution >= 0.6 is 23.5 Å². The summed E-state index contributed by atoms with van der Waals surface area (Å²) in [4.78, 5) is 25.5. The van der Waals surface area contributed by atoms with Crippen LogP contribution in [-0.4, -0.2) is 41.4 Å². The lowest BCUT2D eigenvalue weighted by molar-refractivity contribution is -0.113. The van der Waals surface area contributed by atoms with Crippen molar-refractivity contribution in [2.24, 2.45) is 0 Å². The van der Waals surface area contributed by atoms with Crippen LogP contribution in [0.5, 0.6) is 0 Å². The first-order chi connectivity index (χ1) is 15.6. The minimum Gasteiger partial charge on any atom is -0.310 e. The topological polar surface area (TPSA) is 98.5 Å². The second-order valence-electron chi connectivity index (χ2n) is 6.84. The van der Waals surface area contributed by atoms with E-state index in [-0.39, 0.29) is 11.7 Å². The van der Waals surface area contributed by atoms with E-state index in [1.807, 2.05) is 60.9 Å². The summed E-state index contributed by atoms with van der Waals surface area (Å²) >= 11 is 2.83. The van der Waals surface area contributed by atoms with Gasteiger partial charge >= 0.3 is 0 Å². The van der Waals surface area contributed by atoms with Gasteiger partial charge in [0.2, 0.25) is 5.91 Å². The number of hydrogen-bond donors (Lipinski definition) is 1. The van der Waals surface area contributed by atoms with Gasteiger partial charge in [-0.1, -0.05) is 47.8 Å². The fourth-order valence-corrected chi connectivity index (χ4v) is 4.59. The zero-order chi connectivity index (χ0) is 22.3. The lowest BCUT2D eigenvalue weighted by Gasteiger charge is -2.10. The number of benzene rings is 1. The normalized spacial score (nSPS) is 10.8. The molecule has 3 aromatic heterocycles. The van der Waals surface area contributed by atoms with Crippen molar-refractivity contribution < 1.29 is 4.79 Å². The molecule has 0 aliphatic heterocycles. The smallest absolute Gasteiger partial charge is 0.236 e. The van der Waals surface area contributed by atoms with Gasteiger partial charge in [0, 0.05) is 23.3 Å². The van der Waals surface area contributed by atoms with Crippen molar-refractivity contribution in [3.8, 4) is 5.69 Å². The van der Waals surface area contributed by atoms with Gasteiger partial charge in [0.25, 0.3) is 0 Å². The molecule has 0 radical (unpaired) electrons. The number of para-hydroxylation sites is 1. The average Bonchev–Trinajstić information content (AvgIpc) is 3.20. The number of pyridine rings is 1. The predicted octanol–water partition coefficient (Wildman–Crippen LogP) is 4.09. The number of hydrogen-bond acceptors (Lipinski definition) is 8. The summed E-state index contributed by atoms with van der Waals surface area (Å²) < 4.78 is 1.97. The summed E-state index contributed by atoms with van der Waals surface area (Å²) in [5.74, 6) is 1.86. The third kappa shape index (κ3) is 5.71. The molecular formula is C22H21N7OS2. The van der Waals surface area contributed by atoms with E-state index >= 15 is 0 Å². The number of nitrogens with zero attached hydrogens (tertiary/aromatic N) is 6. The van der Waals surface area contributed by atoms with Crippen LogP contribution in [0.3, 0.4) is 0 Å². The Bertz CT molecular complexity index is 1180. The summed E-state index contributed by atoms with van der Waals surface area (Å²) in [6.45, 7) is 3.91. The van der Waals surface area contributed by atoms with Gasteiger partial charge in [-0.15, -0.1) is 10.2 Å². The zero-order valence-corrected chi connectivity index (χ0v) is 19.2. The number of amides is 1. The first kappa shape index (κ1) is 22.0. The number of aryl methyl sites for hydroxylation is 2. The molecule has 8 nitrogen and oxygen atoms in total. The van der Waals surface area contributed by atoms with E-state index in [1.165, 1.54) is 23.5 Å². The van der Waals surface area contributed by atoms with Gasteiger partial charge in [0.1, 0.15) is 11.6 Å². The van der Waals surface area contributed by atoms with Crippen molar-refractivity contribution in [3.63, 3.8) is 0 Å². The second kappa shape index (κ2) is 10.4. The Kier molecular flexibility index (Phi) is 7.13. The maximum absolute atomic E-state index is 12.4. The average molecular weight is 464 g/mol. The molecule has 0 saturated carbocycles. The van der Waals surface area contributed by atoms with E-state index in [1.54, 1.807) is 18.3 Å². The summed E-state index contributed by atoms with van der Waals surface area (Å²) in [6, 6.07) is 17.2. The number of rotatable bonds is 8. The van der Waals surface area contributed by atoms with Gasteiger partial charge in [-0.25, -0.2) is 15.0 Å². The van der Waals surface area contributed by atoms with Gasteiger partial charge in [0.15, 0.2) is 10.3 Å². The molecule has 0 aliphatic carbocycles. The van der Waals surface area contributed by atoms with Crippen molar-refractivity contribution in [3.05, 3.63) is 78.0 Å². The van der Waals surface area contributed by atoms with E-state index in [0.29, 0.717) is 21.9 Å². The molecule has 1 N–H and O–H groups in total. The maximum atomic E-state index is 12.4. The van der Waals surface area contributed by atoms with E-state index in [2.05, 4.69) is 30.5 Å². The van der Waals surface area contributed by atoms with E-state index < -0.39 is 0 Å². The number of aromatic nitrogens is 6. The fraction of sp³-hybridized carbons (Fsp3) is 0.182. The Morgan fingerprint density at radius 2 is 1.72 bits per heavy atom. The number of thioether (sulfide) groups is 2. The van der Waals surface area contributed by atoms with Crippen molar-refractivity contribution in [1.82, 2.24) is 29.7 Å². The molecular weight excluding hydrogens is 442 g/mol. The van der Waals surface area contributed by atoms with Crippen molar-refractivity contribution in [2.45, 2.75) is 29.9 Å². The lowest BCUT2D eigenvalue weighted by Crippen LogP contribution is -2.15. The summed E-state index contributed by atoms with van der Waals surface area (Å²) in [5, 5.41) is 12.9. The third-order valence-corrected chi connectivity index (χ3v) is 6.04. The largest absolute Gasteiger partial charge is 0.310 e. The quantitative estimate of drug-likeness (QED) is 0.308. The summed E-state index contributed by atoms with van der Waals surface area (Å²) in [5.41, 5.74) is 2.79. The summed E-state index contributed by atoms with van der Waals surface area (Å²) in [7, 11) is 0. The fourth-order valence-electron chi connectivity index (χ4n) is 2.96. The molecule has 0 unspecified atom stereocenters. The van der Waals surface area contributed by atoms with Crippen molar-refractivity contribution >= 4 is 35.2 Å².